The number of carbonyl (C=O) groups excluding carboxylic acids is 2. The first kappa shape index (κ1) is 25.8. The standard InChI is InChI=1S/C27H31Cl2FN2O3/c1-2-35-25(34)27(18-23(27)20-5-7-21(30)8-6-20)31-24(33)26(11-12-26)17-19-3-9-22(10-4-19)32(15-13-28)16-14-29/h3-10,23H,2,11-18H2,1H3,(H,31,33)/t23-,27?/m0/s1. The van der Waals surface area contributed by atoms with Gasteiger partial charge < -0.3 is 15.0 Å². The van der Waals surface area contributed by atoms with Gasteiger partial charge in [0, 0.05) is 36.5 Å². The minimum absolute atomic E-state index is 0.120. The van der Waals surface area contributed by atoms with Gasteiger partial charge in [-0.1, -0.05) is 24.3 Å². The van der Waals surface area contributed by atoms with E-state index < -0.39 is 16.9 Å². The Morgan fingerprint density at radius 3 is 2.23 bits per heavy atom. The second-order valence-electron chi connectivity index (χ2n) is 9.44. The molecule has 0 bridgehead atoms. The summed E-state index contributed by atoms with van der Waals surface area (Å²) in [5.74, 6) is -0.0780. The lowest BCUT2D eigenvalue weighted by molar-refractivity contribution is -0.149. The van der Waals surface area contributed by atoms with Crippen molar-refractivity contribution in [2.45, 2.75) is 44.1 Å². The van der Waals surface area contributed by atoms with Crippen LogP contribution in [-0.2, 0) is 20.7 Å². The van der Waals surface area contributed by atoms with Crippen LogP contribution in [0.1, 0.15) is 43.2 Å². The maximum atomic E-state index is 13.5. The van der Waals surface area contributed by atoms with Gasteiger partial charge in [-0.3, -0.25) is 4.79 Å². The molecule has 2 saturated carbocycles. The molecule has 2 aromatic rings. The van der Waals surface area contributed by atoms with Crippen molar-refractivity contribution in [2.75, 3.05) is 36.4 Å². The Morgan fingerprint density at radius 2 is 1.69 bits per heavy atom. The third-order valence-corrected chi connectivity index (χ3v) is 7.44. The van der Waals surface area contributed by atoms with Gasteiger partial charge in [-0.2, -0.15) is 0 Å². The molecule has 2 atom stereocenters. The van der Waals surface area contributed by atoms with E-state index in [0.29, 0.717) is 37.7 Å². The Kier molecular flexibility index (Phi) is 7.92. The zero-order valence-electron chi connectivity index (χ0n) is 19.9. The van der Waals surface area contributed by atoms with E-state index in [-0.39, 0.29) is 24.2 Å². The smallest absolute Gasteiger partial charge is 0.332 e. The Labute approximate surface area is 215 Å². The number of alkyl halides is 2. The molecule has 35 heavy (non-hydrogen) atoms. The SMILES string of the molecule is CCOC(=O)C1(NC(=O)C2(Cc3ccc(N(CCCl)CCCl)cc3)CC2)C[C@H]1c1ccc(F)cc1. The van der Waals surface area contributed by atoms with Crippen molar-refractivity contribution in [3.8, 4) is 0 Å². The molecule has 1 N–H and O–H groups in total. The number of hydrogen-bond donors (Lipinski definition) is 1. The third kappa shape index (κ3) is 5.59. The predicted molar refractivity (Wildman–Crippen MR) is 137 cm³/mol. The minimum Gasteiger partial charge on any atom is -0.464 e. The van der Waals surface area contributed by atoms with E-state index >= 15 is 0 Å². The van der Waals surface area contributed by atoms with Gasteiger partial charge in [-0.25, -0.2) is 9.18 Å². The van der Waals surface area contributed by atoms with E-state index in [0.717, 1.165) is 29.7 Å². The number of carbonyl (C=O) groups is 2. The topological polar surface area (TPSA) is 58.6 Å². The molecule has 1 unspecified atom stereocenters. The first-order chi connectivity index (χ1) is 16.9. The van der Waals surface area contributed by atoms with E-state index in [1.54, 1.807) is 19.1 Å². The highest BCUT2D eigenvalue weighted by atomic mass is 35.5. The van der Waals surface area contributed by atoms with Crippen molar-refractivity contribution in [3.05, 3.63) is 65.5 Å². The van der Waals surface area contributed by atoms with Crippen molar-refractivity contribution in [3.63, 3.8) is 0 Å². The molecule has 8 heteroatoms. The number of amides is 1. The molecule has 2 aliphatic carbocycles. The lowest BCUT2D eigenvalue weighted by Crippen LogP contribution is -2.49. The summed E-state index contributed by atoms with van der Waals surface area (Å²) < 4.78 is 18.7. The summed E-state index contributed by atoms with van der Waals surface area (Å²) in [7, 11) is 0. The summed E-state index contributed by atoms with van der Waals surface area (Å²) in [5.41, 5.74) is 1.32. The molecule has 0 spiro atoms. The molecule has 2 aromatic carbocycles. The number of esters is 1. The molecule has 0 aliphatic heterocycles. The van der Waals surface area contributed by atoms with Gasteiger partial charge >= 0.3 is 5.97 Å². The van der Waals surface area contributed by atoms with Gasteiger partial charge in [-0.05, 0) is 68.0 Å². The van der Waals surface area contributed by atoms with Crippen LogP contribution in [0.4, 0.5) is 10.1 Å². The summed E-state index contributed by atoms with van der Waals surface area (Å²) in [6, 6.07) is 14.2. The number of hydrogen-bond acceptors (Lipinski definition) is 4. The van der Waals surface area contributed by atoms with Crippen LogP contribution in [0, 0.1) is 11.2 Å². The molecule has 0 heterocycles. The maximum Gasteiger partial charge on any atom is 0.332 e. The zero-order valence-corrected chi connectivity index (χ0v) is 21.4. The summed E-state index contributed by atoms with van der Waals surface area (Å²) in [6.45, 7) is 3.40. The number of nitrogens with zero attached hydrogens (tertiary/aromatic N) is 1. The molecular weight excluding hydrogens is 490 g/mol. The fourth-order valence-corrected chi connectivity index (χ4v) is 5.20. The lowest BCUT2D eigenvalue weighted by Gasteiger charge is -2.24. The van der Waals surface area contributed by atoms with Gasteiger partial charge in [0.25, 0.3) is 0 Å². The summed E-state index contributed by atoms with van der Waals surface area (Å²) >= 11 is 11.8. The molecule has 0 saturated heterocycles. The van der Waals surface area contributed by atoms with Crippen LogP contribution < -0.4 is 10.2 Å². The third-order valence-electron chi connectivity index (χ3n) is 7.10. The monoisotopic (exact) mass is 520 g/mol. The van der Waals surface area contributed by atoms with E-state index in [4.69, 9.17) is 27.9 Å². The number of nitrogens with one attached hydrogen (secondary N) is 1. The van der Waals surface area contributed by atoms with E-state index in [2.05, 4.69) is 10.2 Å². The van der Waals surface area contributed by atoms with Gasteiger partial charge in [-0.15, -0.1) is 23.2 Å². The van der Waals surface area contributed by atoms with Crippen LogP contribution in [0.2, 0.25) is 0 Å². The number of benzene rings is 2. The van der Waals surface area contributed by atoms with Crippen LogP contribution in [0.25, 0.3) is 0 Å². The first-order valence-electron chi connectivity index (χ1n) is 12.1. The molecule has 2 fully saturated rings. The average Bonchev–Trinajstić information content (AvgIpc) is 3.77. The average molecular weight is 521 g/mol. The molecule has 2 aliphatic rings. The van der Waals surface area contributed by atoms with Crippen molar-refractivity contribution < 1.29 is 18.7 Å². The van der Waals surface area contributed by atoms with Crippen molar-refractivity contribution >= 4 is 40.8 Å². The van der Waals surface area contributed by atoms with E-state index in [1.165, 1.54) is 12.1 Å². The van der Waals surface area contributed by atoms with Gasteiger partial charge in [0.1, 0.15) is 11.4 Å². The van der Waals surface area contributed by atoms with Crippen molar-refractivity contribution in [1.82, 2.24) is 5.32 Å². The Morgan fingerprint density at radius 1 is 1.06 bits per heavy atom. The maximum absolute atomic E-state index is 13.5. The fraction of sp³-hybridized carbons (Fsp3) is 0.481. The van der Waals surface area contributed by atoms with Crippen LogP contribution in [0.3, 0.4) is 0 Å². The Bertz CT molecular complexity index is 1040. The lowest BCUT2D eigenvalue weighted by atomic mass is 9.94. The van der Waals surface area contributed by atoms with Gasteiger partial charge in [0.2, 0.25) is 5.91 Å². The normalized spacial score (nSPS) is 21.8. The Hall–Kier alpha value is -2.31. The van der Waals surface area contributed by atoms with Crippen LogP contribution in [0.5, 0.6) is 0 Å². The molecule has 188 valence electrons. The summed E-state index contributed by atoms with van der Waals surface area (Å²) in [4.78, 5) is 28.5. The number of ether oxygens (including phenoxy) is 1. The fourth-order valence-electron chi connectivity index (χ4n) is 4.79. The molecule has 1 amide bonds. The quantitative estimate of drug-likeness (QED) is 0.314. The predicted octanol–water partition coefficient (Wildman–Crippen LogP) is 5.04. The summed E-state index contributed by atoms with van der Waals surface area (Å²) in [5, 5.41) is 3.06. The van der Waals surface area contributed by atoms with E-state index in [9.17, 15) is 14.0 Å². The highest BCUT2D eigenvalue weighted by Crippen LogP contribution is 2.55. The van der Waals surface area contributed by atoms with E-state index in [1.807, 2.05) is 24.3 Å². The number of anilines is 1. The van der Waals surface area contributed by atoms with Crippen molar-refractivity contribution in [1.29, 1.82) is 0 Å². The van der Waals surface area contributed by atoms with Gasteiger partial charge in [0.15, 0.2) is 0 Å². The highest BCUT2D eigenvalue weighted by Gasteiger charge is 2.65. The first-order valence-corrected chi connectivity index (χ1v) is 13.2. The molecular formula is C27H31Cl2FN2O3. The second-order valence-corrected chi connectivity index (χ2v) is 10.2. The van der Waals surface area contributed by atoms with Crippen LogP contribution in [0.15, 0.2) is 48.5 Å². The minimum atomic E-state index is -1.09. The van der Waals surface area contributed by atoms with Crippen LogP contribution >= 0.6 is 23.2 Å². The largest absolute Gasteiger partial charge is 0.464 e. The van der Waals surface area contributed by atoms with Gasteiger partial charge in [0.05, 0.1) is 12.0 Å². The second kappa shape index (κ2) is 10.8. The van der Waals surface area contributed by atoms with Crippen LogP contribution in [-0.4, -0.2) is 48.9 Å². The number of rotatable bonds is 12. The molecule has 4 rings (SSSR count). The highest BCUT2D eigenvalue weighted by molar-refractivity contribution is 6.18. The molecule has 0 aromatic heterocycles. The number of halogens is 3. The summed E-state index contributed by atoms with van der Waals surface area (Å²) in [6.07, 6.45) is 2.59. The zero-order chi connectivity index (χ0) is 25.1. The Balaban J connectivity index is 1.46. The van der Waals surface area contributed by atoms with Crippen molar-refractivity contribution in [2.24, 2.45) is 5.41 Å². The molecule has 5 nitrogen and oxygen atoms in total. The molecule has 0 radical (unpaired) electrons.